The first-order chi connectivity index (χ1) is 9.24. The van der Waals surface area contributed by atoms with E-state index in [1.807, 2.05) is 36.4 Å². The summed E-state index contributed by atoms with van der Waals surface area (Å²) in [6.45, 7) is 0. The molecule has 2 aromatic rings. The Bertz CT molecular complexity index is 431. The Morgan fingerprint density at radius 2 is 1.05 bits per heavy atom. The van der Waals surface area contributed by atoms with Gasteiger partial charge in [0.15, 0.2) is 0 Å². The molecular formula is C15H14Cl2S2. The van der Waals surface area contributed by atoms with Crippen LogP contribution in [0.4, 0.5) is 0 Å². The third-order valence-electron chi connectivity index (χ3n) is 2.38. The highest BCUT2D eigenvalue weighted by atomic mass is 35.5. The lowest BCUT2D eigenvalue weighted by Gasteiger charge is -2.13. The van der Waals surface area contributed by atoms with Gasteiger partial charge >= 0.3 is 0 Å². The third kappa shape index (κ3) is 5.70. The van der Waals surface area contributed by atoms with Crippen molar-refractivity contribution < 1.29 is 0 Å². The van der Waals surface area contributed by atoms with Crippen molar-refractivity contribution in [2.75, 3.05) is 0 Å². The van der Waals surface area contributed by atoms with Gasteiger partial charge in [0.2, 0.25) is 0 Å². The van der Waals surface area contributed by atoms with E-state index in [0.717, 1.165) is 6.42 Å². The average molecular weight is 329 g/mol. The highest BCUT2D eigenvalue weighted by Gasteiger charge is 2.14. The fraction of sp³-hybridized carbons (Fsp3) is 0.200. The number of rotatable bonds is 6. The maximum atomic E-state index is 6.34. The van der Waals surface area contributed by atoms with Crippen molar-refractivity contribution in [1.29, 1.82) is 0 Å². The zero-order valence-corrected chi connectivity index (χ0v) is 13.4. The van der Waals surface area contributed by atoms with Crippen LogP contribution in [0.3, 0.4) is 0 Å². The molecule has 100 valence electrons. The predicted octanol–water partition coefficient (Wildman–Crippen LogP) is 6.09. The van der Waals surface area contributed by atoms with Crippen LogP contribution < -0.4 is 0 Å². The molecule has 2 unspecified atom stereocenters. The molecule has 0 aromatic heterocycles. The summed E-state index contributed by atoms with van der Waals surface area (Å²) in [6.07, 6.45) is 0.752. The van der Waals surface area contributed by atoms with Gasteiger partial charge in [-0.15, -0.1) is 46.7 Å². The minimum atomic E-state index is -0.0129. The van der Waals surface area contributed by atoms with E-state index in [0.29, 0.717) is 0 Å². The van der Waals surface area contributed by atoms with Crippen molar-refractivity contribution >= 4 is 46.7 Å². The zero-order valence-electron chi connectivity index (χ0n) is 10.2. The number of benzene rings is 2. The third-order valence-corrected chi connectivity index (χ3v) is 5.26. The first-order valence-corrected chi connectivity index (χ1v) is 8.59. The molecule has 0 heterocycles. The van der Waals surface area contributed by atoms with Gasteiger partial charge in [0.05, 0.1) is 9.42 Å². The zero-order chi connectivity index (χ0) is 13.5. The maximum absolute atomic E-state index is 6.34. The summed E-state index contributed by atoms with van der Waals surface area (Å²) in [5, 5.41) is 0. The molecule has 0 nitrogen and oxygen atoms in total. The summed E-state index contributed by atoms with van der Waals surface area (Å²) >= 11 is 16.0. The number of hydrogen-bond acceptors (Lipinski definition) is 2. The molecule has 4 heteroatoms. The Kier molecular flexibility index (Phi) is 6.45. The van der Waals surface area contributed by atoms with Gasteiger partial charge in [0.1, 0.15) is 0 Å². The van der Waals surface area contributed by atoms with Gasteiger partial charge in [-0.3, -0.25) is 0 Å². The van der Waals surface area contributed by atoms with Crippen LogP contribution in [-0.4, -0.2) is 9.42 Å². The van der Waals surface area contributed by atoms with E-state index in [9.17, 15) is 0 Å². The van der Waals surface area contributed by atoms with Crippen LogP contribution in [0.15, 0.2) is 70.5 Å². The standard InChI is InChI=1S/C15H14Cl2S2/c16-14(18-12-7-3-1-4-8-12)11-15(17)19-13-9-5-2-6-10-13/h1-10,14-15H,11H2. The number of thioether (sulfide) groups is 2. The molecule has 0 aliphatic rings. The van der Waals surface area contributed by atoms with Crippen LogP contribution in [0, 0.1) is 0 Å². The minimum Gasteiger partial charge on any atom is -0.111 e. The Morgan fingerprint density at radius 1 is 0.684 bits per heavy atom. The van der Waals surface area contributed by atoms with E-state index in [1.54, 1.807) is 23.5 Å². The van der Waals surface area contributed by atoms with Gasteiger partial charge in [0.25, 0.3) is 0 Å². The Morgan fingerprint density at radius 3 is 1.42 bits per heavy atom. The molecule has 0 saturated carbocycles. The maximum Gasteiger partial charge on any atom is 0.0858 e. The van der Waals surface area contributed by atoms with Crippen molar-refractivity contribution in [3.8, 4) is 0 Å². The lowest BCUT2D eigenvalue weighted by Crippen LogP contribution is -2.01. The topological polar surface area (TPSA) is 0 Å². The van der Waals surface area contributed by atoms with Crippen LogP contribution in [0.2, 0.25) is 0 Å². The molecule has 19 heavy (non-hydrogen) atoms. The molecule has 0 fully saturated rings. The lowest BCUT2D eigenvalue weighted by atomic mass is 10.4. The second kappa shape index (κ2) is 8.11. The van der Waals surface area contributed by atoms with Crippen LogP contribution in [-0.2, 0) is 0 Å². The van der Waals surface area contributed by atoms with Gasteiger partial charge < -0.3 is 0 Å². The molecule has 2 rings (SSSR count). The van der Waals surface area contributed by atoms with Gasteiger partial charge in [-0.05, 0) is 30.7 Å². The van der Waals surface area contributed by atoms with E-state index in [4.69, 9.17) is 23.2 Å². The molecule has 2 atom stereocenters. The highest BCUT2D eigenvalue weighted by Crippen LogP contribution is 2.35. The van der Waals surface area contributed by atoms with E-state index in [-0.39, 0.29) is 9.42 Å². The van der Waals surface area contributed by atoms with Crippen LogP contribution in [0.5, 0.6) is 0 Å². The van der Waals surface area contributed by atoms with Crippen molar-refractivity contribution in [2.24, 2.45) is 0 Å². The summed E-state index contributed by atoms with van der Waals surface area (Å²) in [4.78, 5) is 2.35. The fourth-order valence-electron chi connectivity index (χ4n) is 1.54. The Balaban J connectivity index is 1.80. The molecule has 0 aliphatic carbocycles. The van der Waals surface area contributed by atoms with Crippen LogP contribution >= 0.6 is 46.7 Å². The average Bonchev–Trinajstić information content (AvgIpc) is 2.40. The van der Waals surface area contributed by atoms with Crippen molar-refractivity contribution in [3.05, 3.63) is 60.7 Å². The monoisotopic (exact) mass is 328 g/mol. The first-order valence-electron chi connectivity index (χ1n) is 5.95. The largest absolute Gasteiger partial charge is 0.111 e. The predicted molar refractivity (Wildman–Crippen MR) is 88.5 cm³/mol. The number of alkyl halides is 2. The number of hydrogen-bond donors (Lipinski definition) is 0. The molecule has 0 amide bonds. The molecule has 0 aliphatic heterocycles. The lowest BCUT2D eigenvalue weighted by molar-refractivity contribution is 1.01. The van der Waals surface area contributed by atoms with Crippen LogP contribution in [0.1, 0.15) is 6.42 Å². The van der Waals surface area contributed by atoms with Crippen molar-refractivity contribution in [1.82, 2.24) is 0 Å². The van der Waals surface area contributed by atoms with E-state index in [1.165, 1.54) is 9.79 Å². The van der Waals surface area contributed by atoms with Gasteiger partial charge in [-0.25, -0.2) is 0 Å². The van der Waals surface area contributed by atoms with E-state index < -0.39 is 0 Å². The molecule has 0 saturated heterocycles. The molecule has 0 spiro atoms. The summed E-state index contributed by atoms with van der Waals surface area (Å²) in [7, 11) is 0. The quantitative estimate of drug-likeness (QED) is 0.464. The highest BCUT2D eigenvalue weighted by molar-refractivity contribution is 8.02. The van der Waals surface area contributed by atoms with Gasteiger partial charge in [-0.2, -0.15) is 0 Å². The Labute approximate surface area is 132 Å². The fourth-order valence-corrected chi connectivity index (χ4v) is 4.73. The summed E-state index contributed by atoms with van der Waals surface area (Å²) in [5.41, 5.74) is 0. The SMILES string of the molecule is ClC(CC(Cl)Sc1ccccc1)Sc1ccccc1. The van der Waals surface area contributed by atoms with E-state index >= 15 is 0 Å². The minimum absolute atomic E-state index is 0.0129. The normalized spacial score (nSPS) is 14.0. The molecule has 0 radical (unpaired) electrons. The summed E-state index contributed by atoms with van der Waals surface area (Å²) in [5.74, 6) is 0. The summed E-state index contributed by atoms with van der Waals surface area (Å²) < 4.78 is -0.0257. The second-order valence-corrected chi connectivity index (χ2v) is 8.04. The first kappa shape index (κ1) is 15.1. The second-order valence-electron chi connectivity index (χ2n) is 3.92. The molecule has 0 N–H and O–H groups in total. The van der Waals surface area contributed by atoms with Crippen molar-refractivity contribution in [2.45, 2.75) is 25.6 Å². The van der Waals surface area contributed by atoms with Gasteiger partial charge in [0, 0.05) is 9.79 Å². The Hall–Kier alpha value is -0.280. The summed E-state index contributed by atoms with van der Waals surface area (Å²) in [6, 6.07) is 20.3. The number of halogens is 2. The van der Waals surface area contributed by atoms with Crippen molar-refractivity contribution in [3.63, 3.8) is 0 Å². The van der Waals surface area contributed by atoms with Gasteiger partial charge in [-0.1, -0.05) is 36.4 Å². The molecule has 0 bridgehead atoms. The van der Waals surface area contributed by atoms with Crippen LogP contribution in [0.25, 0.3) is 0 Å². The molecular weight excluding hydrogens is 315 g/mol. The smallest absolute Gasteiger partial charge is 0.0858 e. The molecule has 2 aromatic carbocycles. The van der Waals surface area contributed by atoms with E-state index in [2.05, 4.69) is 24.3 Å².